The molecule has 0 aromatic rings. The molecule has 0 bridgehead atoms. The predicted octanol–water partition coefficient (Wildman–Crippen LogP) is 3.27. The maximum absolute atomic E-state index is 5.75. The van der Waals surface area contributed by atoms with Crippen LogP contribution in [0.1, 0.15) is 47.5 Å². The summed E-state index contributed by atoms with van der Waals surface area (Å²) in [4.78, 5) is 0. The van der Waals surface area contributed by atoms with E-state index in [1.165, 1.54) is 12.8 Å². The highest BCUT2D eigenvalue weighted by molar-refractivity contribution is 7.19. The fourth-order valence-corrected chi connectivity index (χ4v) is 0.775. The first-order chi connectivity index (χ1) is 5.81. The van der Waals surface area contributed by atoms with Gasteiger partial charge < -0.3 is 4.65 Å². The van der Waals surface area contributed by atoms with E-state index in [2.05, 4.69) is 43.9 Å². The topological polar surface area (TPSA) is 9.23 Å². The van der Waals surface area contributed by atoms with Crippen LogP contribution in [0.15, 0.2) is 0 Å². The van der Waals surface area contributed by atoms with Gasteiger partial charge in [0, 0.05) is 5.16 Å². The summed E-state index contributed by atoms with van der Waals surface area (Å²) in [5, 5.41) is 0.107. The quantitative estimate of drug-likeness (QED) is 0.364. The number of rotatable bonds is 6. The van der Waals surface area contributed by atoms with Gasteiger partial charge in [-0.1, -0.05) is 39.9 Å². The second-order valence-corrected chi connectivity index (χ2v) is 6.10. The molecule has 3 heteroatoms. The second kappa shape index (κ2) is 5.36. The zero-order valence-electron chi connectivity index (χ0n) is 9.68. The largest absolute Gasteiger partial charge is 0.435 e. The van der Waals surface area contributed by atoms with Gasteiger partial charge in [0.15, 0.2) is 0 Å². The molecule has 1 nitrogen and oxygen atoms in total. The maximum atomic E-state index is 5.75. The van der Waals surface area contributed by atoms with E-state index in [4.69, 9.17) is 4.65 Å². The molecule has 0 fully saturated rings. The van der Waals surface area contributed by atoms with Crippen molar-refractivity contribution in [2.45, 2.75) is 64.5 Å². The summed E-state index contributed by atoms with van der Waals surface area (Å²) in [6.45, 7) is 10.8. The van der Waals surface area contributed by atoms with Gasteiger partial charge in [0.05, 0.1) is 5.60 Å². The third-order valence-corrected chi connectivity index (χ3v) is 3.30. The number of hydrogen-bond donors (Lipinski definition) is 0. The Hall–Kier alpha value is 0.455. The van der Waals surface area contributed by atoms with Crippen molar-refractivity contribution in [3.63, 3.8) is 0 Å². The molecule has 0 aromatic carbocycles. The van der Waals surface area contributed by atoms with Crippen LogP contribution >= 0.6 is 9.24 Å². The molecule has 0 aliphatic carbocycles. The van der Waals surface area contributed by atoms with Gasteiger partial charge in [0.1, 0.15) is 0 Å². The summed E-state index contributed by atoms with van der Waals surface area (Å²) in [6, 6.07) is 0. The normalized spacial score (nSPS) is 13.1. The molecule has 0 heterocycles. The average molecular weight is 201 g/mol. The van der Waals surface area contributed by atoms with Gasteiger partial charge >= 0.3 is 0 Å². The van der Waals surface area contributed by atoms with E-state index >= 15 is 0 Å². The third kappa shape index (κ3) is 5.03. The summed E-state index contributed by atoms with van der Waals surface area (Å²) in [6.07, 6.45) is 3.50. The minimum absolute atomic E-state index is 0.106. The van der Waals surface area contributed by atoms with E-state index in [1.807, 2.05) is 7.48 Å². The second-order valence-electron chi connectivity index (χ2n) is 4.66. The zero-order valence-corrected chi connectivity index (χ0v) is 10.8. The molecule has 0 saturated carbocycles. The van der Waals surface area contributed by atoms with Crippen LogP contribution in [0, 0.1) is 0 Å². The molecule has 0 amide bonds. The molecule has 0 N–H and O–H groups in total. The lowest BCUT2D eigenvalue weighted by atomic mass is 9.86. The van der Waals surface area contributed by atoms with E-state index in [-0.39, 0.29) is 10.8 Å². The smallest absolute Gasteiger partial charge is 0.293 e. The van der Waals surface area contributed by atoms with Crippen LogP contribution in [0.3, 0.4) is 0 Å². The molecular weight excluding hydrogens is 178 g/mol. The van der Waals surface area contributed by atoms with Gasteiger partial charge in [-0.2, -0.15) is 0 Å². The fraction of sp³-hybridized carbons (Fsp3) is 1.00. The van der Waals surface area contributed by atoms with E-state index in [0.29, 0.717) is 0 Å². The SMILES string of the molecule is CCCC[B]OC(C)(C)C(C)(C)P. The van der Waals surface area contributed by atoms with Crippen LogP contribution in [-0.2, 0) is 4.65 Å². The monoisotopic (exact) mass is 201 g/mol. The number of hydrogen-bond acceptors (Lipinski definition) is 1. The lowest BCUT2D eigenvalue weighted by Crippen LogP contribution is -2.43. The van der Waals surface area contributed by atoms with Gasteiger partial charge in [-0.15, -0.1) is 9.24 Å². The Balaban J connectivity index is 3.77. The van der Waals surface area contributed by atoms with Crippen molar-refractivity contribution < 1.29 is 4.65 Å². The average Bonchev–Trinajstić information content (AvgIpc) is 1.96. The van der Waals surface area contributed by atoms with Crippen LogP contribution in [0.2, 0.25) is 6.32 Å². The van der Waals surface area contributed by atoms with E-state index in [9.17, 15) is 0 Å². The summed E-state index contributed by atoms with van der Waals surface area (Å²) in [5.41, 5.74) is -0.106. The lowest BCUT2D eigenvalue weighted by molar-refractivity contribution is 0.0810. The molecule has 0 rings (SSSR count). The van der Waals surface area contributed by atoms with Crippen molar-refractivity contribution in [2.75, 3.05) is 0 Å². The predicted molar refractivity (Wildman–Crippen MR) is 64.4 cm³/mol. The van der Waals surface area contributed by atoms with E-state index < -0.39 is 0 Å². The van der Waals surface area contributed by atoms with Gasteiger partial charge in [0.25, 0.3) is 7.48 Å². The first-order valence-electron chi connectivity index (χ1n) is 5.09. The highest BCUT2D eigenvalue weighted by Crippen LogP contribution is 2.33. The molecule has 0 saturated heterocycles. The fourth-order valence-electron chi connectivity index (χ4n) is 0.707. The molecule has 0 aliphatic rings. The Labute approximate surface area is 86.5 Å². The first kappa shape index (κ1) is 13.5. The standard InChI is InChI=1S/C10H23BOP/c1-6-7-8-11-12-9(2,3)10(4,5)13/h6-8,13H2,1-5H3. The lowest BCUT2D eigenvalue weighted by Gasteiger charge is -2.39. The highest BCUT2D eigenvalue weighted by atomic mass is 31.0. The van der Waals surface area contributed by atoms with Crippen LogP contribution in [0.5, 0.6) is 0 Å². The van der Waals surface area contributed by atoms with Crippen LogP contribution in [-0.4, -0.2) is 18.2 Å². The van der Waals surface area contributed by atoms with Gasteiger partial charge in [-0.25, -0.2) is 0 Å². The summed E-state index contributed by atoms with van der Waals surface area (Å²) in [7, 11) is 4.79. The van der Waals surface area contributed by atoms with Crippen molar-refractivity contribution >= 4 is 16.7 Å². The molecule has 0 aromatic heterocycles. The van der Waals surface area contributed by atoms with Gasteiger partial charge in [0.2, 0.25) is 0 Å². The molecule has 77 valence electrons. The van der Waals surface area contributed by atoms with Crippen molar-refractivity contribution in [2.24, 2.45) is 0 Å². The molecule has 13 heavy (non-hydrogen) atoms. The summed E-state index contributed by atoms with van der Waals surface area (Å²) < 4.78 is 5.75. The van der Waals surface area contributed by atoms with Gasteiger partial charge in [-0.3, -0.25) is 0 Å². The number of unbranched alkanes of at least 4 members (excludes halogenated alkanes) is 1. The Kier molecular flexibility index (Phi) is 5.55. The first-order valence-corrected chi connectivity index (χ1v) is 5.67. The molecular formula is C10H23BOP. The maximum Gasteiger partial charge on any atom is 0.293 e. The Morgan fingerprint density at radius 1 is 1.23 bits per heavy atom. The molecule has 0 spiro atoms. The van der Waals surface area contributed by atoms with E-state index in [0.717, 1.165) is 6.32 Å². The summed E-state index contributed by atoms with van der Waals surface area (Å²) >= 11 is 0. The van der Waals surface area contributed by atoms with Crippen molar-refractivity contribution in [3.05, 3.63) is 0 Å². The van der Waals surface area contributed by atoms with Crippen LogP contribution in [0.4, 0.5) is 0 Å². The molecule has 1 atom stereocenters. The Morgan fingerprint density at radius 2 is 1.77 bits per heavy atom. The van der Waals surface area contributed by atoms with Crippen LogP contribution < -0.4 is 0 Å². The molecule has 0 aliphatic heterocycles. The molecule has 1 unspecified atom stereocenters. The highest BCUT2D eigenvalue weighted by Gasteiger charge is 2.33. The van der Waals surface area contributed by atoms with Crippen molar-refractivity contribution in [1.82, 2.24) is 0 Å². The zero-order chi connectivity index (χ0) is 10.5. The third-order valence-electron chi connectivity index (χ3n) is 2.61. The van der Waals surface area contributed by atoms with E-state index in [1.54, 1.807) is 0 Å². The van der Waals surface area contributed by atoms with Crippen LogP contribution in [0.25, 0.3) is 0 Å². The van der Waals surface area contributed by atoms with Crippen molar-refractivity contribution in [1.29, 1.82) is 0 Å². The van der Waals surface area contributed by atoms with Crippen molar-refractivity contribution in [3.8, 4) is 0 Å². The summed E-state index contributed by atoms with van der Waals surface area (Å²) in [5.74, 6) is 0. The minimum atomic E-state index is -0.106. The Bertz CT molecular complexity index is 140. The minimum Gasteiger partial charge on any atom is -0.435 e. The molecule has 1 radical (unpaired) electrons. The van der Waals surface area contributed by atoms with Gasteiger partial charge in [-0.05, 0) is 13.8 Å². The Morgan fingerprint density at radius 3 is 2.15 bits per heavy atom.